The number of aryl methyl sites for hydroxylation is 1. The molecule has 0 radical (unpaired) electrons. The topological polar surface area (TPSA) is 54.0 Å². The van der Waals surface area contributed by atoms with Crippen LogP contribution in [0.25, 0.3) is 0 Å². The number of halogens is 1. The molecule has 27 heavy (non-hydrogen) atoms. The third-order valence-corrected chi connectivity index (χ3v) is 4.20. The molecule has 0 spiro atoms. The van der Waals surface area contributed by atoms with E-state index < -0.39 is 0 Å². The Morgan fingerprint density at radius 2 is 1.78 bits per heavy atom. The number of carbonyl (C=O) groups excluding carboxylic acids is 1. The van der Waals surface area contributed by atoms with Gasteiger partial charge in [0.1, 0.15) is 11.5 Å². The first-order chi connectivity index (χ1) is 13.2. The lowest BCUT2D eigenvalue weighted by molar-refractivity contribution is 0.0948. The van der Waals surface area contributed by atoms with Gasteiger partial charge in [0, 0.05) is 30.5 Å². The molecule has 1 heterocycles. The van der Waals surface area contributed by atoms with Gasteiger partial charge < -0.3 is 10.6 Å². The largest absolute Gasteiger partial charge is 0.381 e. The van der Waals surface area contributed by atoms with Gasteiger partial charge in [0.05, 0.1) is 0 Å². The van der Waals surface area contributed by atoms with Crippen molar-refractivity contribution in [3.63, 3.8) is 0 Å². The standard InChI is InChI=1S/C22H22FN3O/c23-20-11-5-4-10-18(20)16-26-19-12-14-24-21(15-19)22(27)25-13-6-9-17-7-2-1-3-8-17/h1-5,7-8,10-12,14-15H,6,9,13,16H2,(H,24,26)(H,25,27). The van der Waals surface area contributed by atoms with E-state index in [1.807, 2.05) is 18.2 Å². The lowest BCUT2D eigenvalue weighted by Crippen LogP contribution is -2.25. The molecule has 0 bridgehead atoms. The first kappa shape index (κ1) is 18.6. The number of benzene rings is 2. The summed E-state index contributed by atoms with van der Waals surface area (Å²) in [5.74, 6) is -0.465. The lowest BCUT2D eigenvalue weighted by atomic mass is 10.1. The predicted octanol–water partition coefficient (Wildman–Crippen LogP) is 4.20. The van der Waals surface area contributed by atoms with Crippen LogP contribution < -0.4 is 10.6 Å². The zero-order valence-electron chi connectivity index (χ0n) is 15.0. The van der Waals surface area contributed by atoms with Gasteiger partial charge in [0.2, 0.25) is 0 Å². The molecule has 0 saturated heterocycles. The SMILES string of the molecule is O=C(NCCCc1ccccc1)c1cc(NCc2ccccc2F)ccn1. The van der Waals surface area contributed by atoms with E-state index in [1.54, 1.807) is 36.5 Å². The highest BCUT2D eigenvalue weighted by atomic mass is 19.1. The summed E-state index contributed by atoms with van der Waals surface area (Å²) >= 11 is 0. The molecule has 138 valence electrons. The third kappa shape index (κ3) is 5.64. The number of amides is 1. The van der Waals surface area contributed by atoms with Gasteiger partial charge in [-0.05, 0) is 36.6 Å². The zero-order chi connectivity index (χ0) is 18.9. The average Bonchev–Trinajstić information content (AvgIpc) is 2.71. The number of nitrogens with one attached hydrogen (secondary N) is 2. The molecule has 3 rings (SSSR count). The van der Waals surface area contributed by atoms with Gasteiger partial charge in [0.25, 0.3) is 5.91 Å². The molecule has 1 aromatic heterocycles. The van der Waals surface area contributed by atoms with Gasteiger partial charge in [-0.15, -0.1) is 0 Å². The number of rotatable bonds is 8. The number of nitrogens with zero attached hydrogens (tertiary/aromatic N) is 1. The molecule has 3 aromatic rings. The summed E-state index contributed by atoms with van der Waals surface area (Å²) in [6.07, 6.45) is 3.35. The van der Waals surface area contributed by atoms with E-state index >= 15 is 0 Å². The molecule has 5 heteroatoms. The number of anilines is 1. The molecule has 2 N–H and O–H groups in total. The average molecular weight is 363 g/mol. The number of aromatic nitrogens is 1. The maximum absolute atomic E-state index is 13.7. The van der Waals surface area contributed by atoms with E-state index in [9.17, 15) is 9.18 Å². The number of hydrogen-bond donors (Lipinski definition) is 2. The summed E-state index contributed by atoms with van der Waals surface area (Å²) in [6, 6.07) is 20.2. The van der Waals surface area contributed by atoms with Gasteiger partial charge in [0.15, 0.2) is 0 Å². The van der Waals surface area contributed by atoms with Crippen LogP contribution in [0.2, 0.25) is 0 Å². The van der Waals surface area contributed by atoms with E-state index in [0.29, 0.717) is 24.3 Å². The number of hydrogen-bond acceptors (Lipinski definition) is 3. The second-order valence-corrected chi connectivity index (χ2v) is 6.22. The van der Waals surface area contributed by atoms with Crippen LogP contribution in [0.15, 0.2) is 72.9 Å². The second-order valence-electron chi connectivity index (χ2n) is 6.22. The minimum absolute atomic E-state index is 0.211. The van der Waals surface area contributed by atoms with Crippen molar-refractivity contribution in [3.8, 4) is 0 Å². The Hall–Kier alpha value is -3.21. The van der Waals surface area contributed by atoms with Gasteiger partial charge in [-0.25, -0.2) is 4.39 Å². The van der Waals surface area contributed by atoms with Crippen molar-refractivity contribution >= 4 is 11.6 Å². The fourth-order valence-corrected chi connectivity index (χ4v) is 2.73. The Labute approximate surface area is 158 Å². The first-order valence-corrected chi connectivity index (χ1v) is 8.98. The first-order valence-electron chi connectivity index (χ1n) is 8.98. The maximum atomic E-state index is 13.7. The summed E-state index contributed by atoms with van der Waals surface area (Å²) in [7, 11) is 0. The molecule has 0 atom stereocenters. The van der Waals surface area contributed by atoms with E-state index in [2.05, 4.69) is 27.8 Å². The molecule has 4 nitrogen and oxygen atoms in total. The van der Waals surface area contributed by atoms with Crippen LogP contribution in [-0.4, -0.2) is 17.4 Å². The lowest BCUT2D eigenvalue weighted by Gasteiger charge is -2.09. The molecule has 0 aliphatic carbocycles. The molecular weight excluding hydrogens is 341 g/mol. The minimum Gasteiger partial charge on any atom is -0.381 e. The highest BCUT2D eigenvalue weighted by Crippen LogP contribution is 2.12. The van der Waals surface area contributed by atoms with Crippen molar-refractivity contribution in [2.75, 3.05) is 11.9 Å². The maximum Gasteiger partial charge on any atom is 0.269 e. The van der Waals surface area contributed by atoms with Crippen LogP contribution in [0, 0.1) is 5.82 Å². The second kappa shape index (κ2) is 9.48. The molecular formula is C22H22FN3O. The zero-order valence-corrected chi connectivity index (χ0v) is 15.0. The highest BCUT2D eigenvalue weighted by Gasteiger charge is 2.08. The Morgan fingerprint density at radius 3 is 2.59 bits per heavy atom. The van der Waals surface area contributed by atoms with Crippen molar-refractivity contribution in [1.82, 2.24) is 10.3 Å². The smallest absolute Gasteiger partial charge is 0.269 e. The molecule has 1 amide bonds. The van der Waals surface area contributed by atoms with Crippen LogP contribution in [0.1, 0.15) is 28.0 Å². The molecule has 0 unspecified atom stereocenters. The van der Waals surface area contributed by atoms with Crippen LogP contribution in [0.5, 0.6) is 0 Å². The molecule has 0 fully saturated rings. The molecule has 0 saturated carbocycles. The van der Waals surface area contributed by atoms with Crippen molar-refractivity contribution in [1.29, 1.82) is 0 Å². The van der Waals surface area contributed by atoms with Crippen molar-refractivity contribution in [2.24, 2.45) is 0 Å². The van der Waals surface area contributed by atoms with Gasteiger partial charge in [-0.1, -0.05) is 48.5 Å². The van der Waals surface area contributed by atoms with Gasteiger partial charge in [-0.2, -0.15) is 0 Å². The van der Waals surface area contributed by atoms with Crippen molar-refractivity contribution < 1.29 is 9.18 Å². The van der Waals surface area contributed by atoms with Crippen LogP contribution in [-0.2, 0) is 13.0 Å². The predicted molar refractivity (Wildman–Crippen MR) is 105 cm³/mol. The number of carbonyl (C=O) groups is 1. The van der Waals surface area contributed by atoms with Crippen LogP contribution >= 0.6 is 0 Å². The summed E-state index contributed by atoms with van der Waals surface area (Å²) in [4.78, 5) is 16.4. The fourth-order valence-electron chi connectivity index (χ4n) is 2.73. The minimum atomic E-state index is -0.254. The van der Waals surface area contributed by atoms with Crippen LogP contribution in [0.4, 0.5) is 10.1 Å². The third-order valence-electron chi connectivity index (χ3n) is 4.20. The molecule has 0 aliphatic heterocycles. The Kier molecular flexibility index (Phi) is 6.52. The van der Waals surface area contributed by atoms with Gasteiger partial charge in [-0.3, -0.25) is 9.78 Å². The number of pyridine rings is 1. The van der Waals surface area contributed by atoms with Crippen molar-refractivity contribution in [3.05, 3.63) is 95.6 Å². The quantitative estimate of drug-likeness (QED) is 0.590. The highest BCUT2D eigenvalue weighted by molar-refractivity contribution is 5.93. The summed E-state index contributed by atoms with van der Waals surface area (Å²) in [5, 5.41) is 6.02. The van der Waals surface area contributed by atoms with Crippen molar-refractivity contribution in [2.45, 2.75) is 19.4 Å². The van der Waals surface area contributed by atoms with Crippen LogP contribution in [0.3, 0.4) is 0 Å². The summed E-state index contributed by atoms with van der Waals surface area (Å²) < 4.78 is 13.7. The van der Waals surface area contributed by atoms with Gasteiger partial charge >= 0.3 is 0 Å². The summed E-state index contributed by atoms with van der Waals surface area (Å²) in [6.45, 7) is 0.928. The molecule has 0 aliphatic rings. The molecule has 2 aromatic carbocycles. The van der Waals surface area contributed by atoms with E-state index in [1.165, 1.54) is 11.6 Å². The Morgan fingerprint density at radius 1 is 1.00 bits per heavy atom. The fraction of sp³-hybridized carbons (Fsp3) is 0.182. The summed E-state index contributed by atoms with van der Waals surface area (Å²) in [5.41, 5.74) is 2.89. The van der Waals surface area contributed by atoms with E-state index in [4.69, 9.17) is 0 Å². The van der Waals surface area contributed by atoms with E-state index in [0.717, 1.165) is 18.5 Å². The normalized spacial score (nSPS) is 10.4. The Bertz CT molecular complexity index is 883. The Balaban J connectivity index is 1.49. The monoisotopic (exact) mass is 363 g/mol. The van der Waals surface area contributed by atoms with E-state index in [-0.39, 0.29) is 11.7 Å².